The van der Waals surface area contributed by atoms with Crippen LogP contribution in [0.15, 0.2) is 41.4 Å². The first-order chi connectivity index (χ1) is 16.4. The molecule has 3 aromatic rings. The van der Waals surface area contributed by atoms with E-state index in [1.807, 2.05) is 46.7 Å². The summed E-state index contributed by atoms with van der Waals surface area (Å²) in [6.07, 6.45) is 2.32. The number of thiophene rings is 1. The van der Waals surface area contributed by atoms with Crippen molar-refractivity contribution < 1.29 is 9.59 Å². The van der Waals surface area contributed by atoms with E-state index in [1.54, 1.807) is 25.6 Å². The van der Waals surface area contributed by atoms with Crippen molar-refractivity contribution in [2.24, 2.45) is 0 Å². The minimum Gasteiger partial charge on any atom is -0.340 e. The van der Waals surface area contributed by atoms with Crippen molar-refractivity contribution in [2.45, 2.75) is 37.5 Å². The largest absolute Gasteiger partial charge is 0.340 e. The summed E-state index contributed by atoms with van der Waals surface area (Å²) in [6, 6.07) is 10.1. The van der Waals surface area contributed by atoms with Crippen LogP contribution in [0.4, 0.5) is 11.6 Å². The third-order valence-corrected chi connectivity index (χ3v) is 8.41. The molecule has 2 aliphatic rings. The summed E-state index contributed by atoms with van der Waals surface area (Å²) in [5.74, 6) is 1.80. The maximum absolute atomic E-state index is 11.6. The fourth-order valence-corrected chi connectivity index (χ4v) is 6.64. The number of aromatic nitrogens is 2. The number of nitrogens with one attached hydrogen (secondary N) is 1. The molecule has 4 heterocycles. The zero-order valence-corrected chi connectivity index (χ0v) is 21.0. The van der Waals surface area contributed by atoms with Crippen molar-refractivity contribution in [2.75, 3.05) is 31.5 Å². The molecule has 9 heteroatoms. The van der Waals surface area contributed by atoms with Gasteiger partial charge in [-0.3, -0.25) is 14.5 Å². The molecule has 2 aliphatic heterocycles. The van der Waals surface area contributed by atoms with Crippen molar-refractivity contribution in [3.63, 3.8) is 0 Å². The third-order valence-electron chi connectivity index (χ3n) is 6.06. The van der Waals surface area contributed by atoms with Crippen LogP contribution < -0.4 is 5.32 Å². The molecule has 1 fully saturated rings. The number of carbonyl (C=O) groups excluding carboxylic acids is 2. The highest BCUT2D eigenvalue weighted by Gasteiger charge is 2.24. The number of fused-ring (bicyclic) bond motifs is 3. The molecule has 0 radical (unpaired) electrons. The lowest BCUT2D eigenvalue weighted by Crippen LogP contribution is -2.47. The van der Waals surface area contributed by atoms with E-state index in [0.29, 0.717) is 12.4 Å². The maximum atomic E-state index is 11.6. The van der Waals surface area contributed by atoms with Crippen LogP contribution in [0.25, 0.3) is 11.3 Å². The monoisotopic (exact) mass is 493 g/mol. The van der Waals surface area contributed by atoms with Crippen LogP contribution in [0.1, 0.15) is 29.2 Å². The highest BCUT2D eigenvalue weighted by atomic mass is 32.2. The average Bonchev–Trinajstić information content (AvgIpc) is 3.22. The first-order valence-corrected chi connectivity index (χ1v) is 13.2. The second-order valence-electron chi connectivity index (χ2n) is 8.73. The summed E-state index contributed by atoms with van der Waals surface area (Å²) in [7, 11) is 0. The predicted octanol–water partition coefficient (Wildman–Crippen LogP) is 4.35. The first-order valence-electron chi connectivity index (χ1n) is 11.4. The van der Waals surface area contributed by atoms with Gasteiger partial charge >= 0.3 is 0 Å². The molecule has 0 bridgehead atoms. The molecule has 1 N–H and O–H groups in total. The Labute approximate surface area is 207 Å². The van der Waals surface area contributed by atoms with Crippen LogP contribution in [0.5, 0.6) is 0 Å². The zero-order valence-electron chi connectivity index (χ0n) is 19.3. The van der Waals surface area contributed by atoms with Crippen molar-refractivity contribution in [3.05, 3.63) is 51.8 Å². The van der Waals surface area contributed by atoms with Crippen molar-refractivity contribution in [1.82, 2.24) is 19.8 Å². The van der Waals surface area contributed by atoms with E-state index in [9.17, 15) is 9.59 Å². The molecule has 0 atom stereocenters. The Morgan fingerprint density at radius 3 is 2.71 bits per heavy atom. The Morgan fingerprint density at radius 1 is 1.12 bits per heavy atom. The van der Waals surface area contributed by atoms with Gasteiger partial charge in [0.05, 0.1) is 10.6 Å². The summed E-state index contributed by atoms with van der Waals surface area (Å²) in [5.41, 5.74) is 4.03. The van der Waals surface area contributed by atoms with Gasteiger partial charge in [-0.1, -0.05) is 12.1 Å². The van der Waals surface area contributed by atoms with E-state index in [2.05, 4.69) is 21.3 Å². The number of hydrogen-bond acceptors (Lipinski definition) is 8. The Kier molecular flexibility index (Phi) is 6.67. The number of nitrogens with zero attached hydrogens (tertiary/aromatic N) is 4. The van der Waals surface area contributed by atoms with Gasteiger partial charge in [0.25, 0.3) is 0 Å². The molecular weight excluding hydrogens is 466 g/mol. The summed E-state index contributed by atoms with van der Waals surface area (Å²) in [5, 5.41) is 3.30. The Balaban J connectivity index is 1.32. The van der Waals surface area contributed by atoms with Crippen LogP contribution >= 0.6 is 23.1 Å². The van der Waals surface area contributed by atoms with Gasteiger partial charge in [0.2, 0.25) is 11.9 Å². The molecule has 5 rings (SSSR count). The van der Waals surface area contributed by atoms with Crippen molar-refractivity contribution in [3.8, 4) is 11.3 Å². The predicted molar refractivity (Wildman–Crippen MR) is 137 cm³/mol. The highest BCUT2D eigenvalue weighted by Crippen LogP contribution is 2.44. The SMILES string of the molecule is CC(=O)Cc1cccc(Nc2ncc3c(n2)-c2cc(CN4CCN(C(C)=O)CC4)sc2CS3)c1. The van der Waals surface area contributed by atoms with Gasteiger partial charge in [0, 0.05) is 79.0 Å². The fourth-order valence-electron chi connectivity index (χ4n) is 4.36. The summed E-state index contributed by atoms with van der Waals surface area (Å²) < 4.78 is 0. The van der Waals surface area contributed by atoms with Crippen molar-refractivity contribution in [1.29, 1.82) is 0 Å². The number of rotatable bonds is 6. The number of benzene rings is 1. The Morgan fingerprint density at radius 2 is 1.94 bits per heavy atom. The Bertz CT molecular complexity index is 1230. The minimum atomic E-state index is 0.140. The van der Waals surface area contributed by atoms with Gasteiger partial charge in [-0.05, 0) is 30.7 Å². The molecule has 34 heavy (non-hydrogen) atoms. The average molecular weight is 494 g/mol. The standard InChI is InChI=1S/C25H27N5O2S2/c1-16(31)10-18-4-3-5-19(11-18)27-25-26-13-22-24(28-25)21-12-20(34-23(21)15-33-22)14-29-6-8-30(9-7-29)17(2)32/h3-5,11-13H,6-10,14-15H2,1-2H3,(H,26,27,28). The number of piperazine rings is 1. The number of Topliss-reactive ketones (excluding diaryl/α,β-unsaturated/α-hetero) is 1. The van der Waals surface area contributed by atoms with Gasteiger partial charge < -0.3 is 10.2 Å². The van der Waals surface area contributed by atoms with E-state index in [4.69, 9.17) is 4.98 Å². The van der Waals surface area contributed by atoms with Crippen LogP contribution in [-0.4, -0.2) is 57.6 Å². The van der Waals surface area contributed by atoms with E-state index < -0.39 is 0 Å². The minimum absolute atomic E-state index is 0.140. The molecule has 176 valence electrons. The van der Waals surface area contributed by atoms with Crippen molar-refractivity contribution >= 4 is 46.4 Å². The lowest BCUT2D eigenvalue weighted by atomic mass is 10.1. The normalized spacial score (nSPS) is 15.5. The quantitative estimate of drug-likeness (QED) is 0.547. The second kappa shape index (κ2) is 9.85. The second-order valence-corrected chi connectivity index (χ2v) is 11.0. The first kappa shape index (κ1) is 23.0. The van der Waals surface area contributed by atoms with Gasteiger partial charge in [-0.15, -0.1) is 23.1 Å². The van der Waals surface area contributed by atoms with Crippen LogP contribution in [0.3, 0.4) is 0 Å². The number of ketones is 1. The molecule has 0 aliphatic carbocycles. The lowest BCUT2D eigenvalue weighted by molar-refractivity contribution is -0.130. The number of hydrogen-bond donors (Lipinski definition) is 1. The van der Waals surface area contributed by atoms with Crippen LogP contribution in [0.2, 0.25) is 0 Å². The summed E-state index contributed by atoms with van der Waals surface area (Å²) >= 11 is 3.64. The van der Waals surface area contributed by atoms with Gasteiger partial charge in [-0.2, -0.15) is 0 Å². The molecule has 7 nitrogen and oxygen atoms in total. The summed E-state index contributed by atoms with van der Waals surface area (Å²) in [4.78, 5) is 40.6. The topological polar surface area (TPSA) is 78.4 Å². The molecule has 0 unspecified atom stereocenters. The smallest absolute Gasteiger partial charge is 0.227 e. The van der Waals surface area contributed by atoms with Crippen LogP contribution in [0, 0.1) is 0 Å². The lowest BCUT2D eigenvalue weighted by Gasteiger charge is -2.33. The van der Waals surface area contributed by atoms with E-state index >= 15 is 0 Å². The molecule has 0 saturated carbocycles. The highest BCUT2D eigenvalue weighted by molar-refractivity contribution is 7.98. The van der Waals surface area contributed by atoms with Gasteiger partial charge in [0.1, 0.15) is 5.78 Å². The van der Waals surface area contributed by atoms with E-state index in [0.717, 1.165) is 60.3 Å². The molecule has 1 amide bonds. The van der Waals surface area contributed by atoms with E-state index in [1.165, 1.54) is 15.3 Å². The molecular formula is C25H27N5O2S2. The number of carbonyl (C=O) groups is 2. The molecule has 0 spiro atoms. The fraction of sp³-hybridized carbons (Fsp3) is 0.360. The van der Waals surface area contributed by atoms with E-state index in [-0.39, 0.29) is 11.7 Å². The Hall–Kier alpha value is -2.75. The van der Waals surface area contributed by atoms with Crippen LogP contribution in [-0.2, 0) is 28.3 Å². The number of amides is 1. The molecule has 1 aromatic carbocycles. The maximum Gasteiger partial charge on any atom is 0.227 e. The number of anilines is 2. The van der Waals surface area contributed by atoms with Gasteiger partial charge in [0.15, 0.2) is 0 Å². The zero-order chi connectivity index (χ0) is 23.7. The van der Waals surface area contributed by atoms with Gasteiger partial charge in [-0.25, -0.2) is 9.97 Å². The third kappa shape index (κ3) is 5.16. The number of thioether (sulfide) groups is 1. The molecule has 2 aromatic heterocycles. The molecule has 1 saturated heterocycles. The summed E-state index contributed by atoms with van der Waals surface area (Å²) in [6.45, 7) is 7.57.